The van der Waals surface area contributed by atoms with Crippen molar-refractivity contribution in [3.8, 4) is 0 Å². The van der Waals surface area contributed by atoms with Crippen molar-refractivity contribution in [2.45, 2.75) is 32.3 Å². The predicted octanol–water partition coefficient (Wildman–Crippen LogP) is 4.50. The first-order valence-electron chi connectivity index (χ1n) is 6.73. The molecule has 0 aliphatic rings. The molecular weight excluding hydrogens is 258 g/mol. The van der Waals surface area contributed by atoms with Crippen LogP contribution in [0.2, 0.25) is 0 Å². The molecule has 2 aromatic carbocycles. The molecule has 2 rings (SSSR count). The van der Waals surface area contributed by atoms with E-state index in [9.17, 15) is 13.9 Å². The molecule has 0 amide bonds. The van der Waals surface area contributed by atoms with Crippen LogP contribution >= 0.6 is 0 Å². The Morgan fingerprint density at radius 1 is 1.05 bits per heavy atom. The van der Waals surface area contributed by atoms with Crippen molar-refractivity contribution in [1.82, 2.24) is 0 Å². The van der Waals surface area contributed by atoms with Crippen molar-refractivity contribution in [3.05, 3.63) is 70.8 Å². The van der Waals surface area contributed by atoms with Gasteiger partial charge in [0, 0.05) is 5.92 Å². The van der Waals surface area contributed by atoms with Gasteiger partial charge in [0.25, 0.3) is 0 Å². The van der Waals surface area contributed by atoms with E-state index in [0.717, 1.165) is 5.56 Å². The summed E-state index contributed by atoms with van der Waals surface area (Å²) in [6.07, 6.45) is -0.597. The Kier molecular flexibility index (Phi) is 4.50. The zero-order chi connectivity index (χ0) is 14.7. The van der Waals surface area contributed by atoms with Crippen LogP contribution in [-0.4, -0.2) is 5.11 Å². The number of aliphatic hydroxyl groups excluding tert-OH is 1. The largest absolute Gasteiger partial charge is 0.388 e. The highest BCUT2D eigenvalue weighted by atomic mass is 19.1. The third-order valence-corrected chi connectivity index (χ3v) is 3.66. The Hall–Kier alpha value is -1.74. The molecule has 2 aromatic rings. The van der Waals surface area contributed by atoms with E-state index in [1.807, 2.05) is 37.3 Å². The Balaban J connectivity index is 2.44. The van der Waals surface area contributed by atoms with E-state index in [1.165, 1.54) is 12.1 Å². The van der Waals surface area contributed by atoms with Crippen LogP contribution in [0.3, 0.4) is 0 Å². The van der Waals surface area contributed by atoms with Crippen molar-refractivity contribution in [3.63, 3.8) is 0 Å². The first-order valence-corrected chi connectivity index (χ1v) is 6.73. The summed E-state index contributed by atoms with van der Waals surface area (Å²) >= 11 is 0. The second-order valence-corrected chi connectivity index (χ2v) is 4.96. The first kappa shape index (κ1) is 14.7. The van der Waals surface area contributed by atoms with Crippen molar-refractivity contribution >= 4 is 0 Å². The SMILES string of the molecule is CCC(c1ccccc1)C(O)c1c(F)ccc(C)c1F. The molecule has 0 aliphatic carbocycles. The third kappa shape index (κ3) is 2.73. The second kappa shape index (κ2) is 6.14. The Morgan fingerprint density at radius 3 is 2.30 bits per heavy atom. The molecule has 106 valence electrons. The molecule has 0 spiro atoms. The van der Waals surface area contributed by atoms with Crippen LogP contribution < -0.4 is 0 Å². The van der Waals surface area contributed by atoms with Crippen LogP contribution in [-0.2, 0) is 0 Å². The quantitative estimate of drug-likeness (QED) is 0.871. The molecule has 0 fully saturated rings. The fourth-order valence-electron chi connectivity index (χ4n) is 2.49. The minimum absolute atomic E-state index is 0.235. The maximum absolute atomic E-state index is 14.1. The topological polar surface area (TPSA) is 20.2 Å². The lowest BCUT2D eigenvalue weighted by atomic mass is 9.86. The Bertz CT molecular complexity index is 581. The van der Waals surface area contributed by atoms with Crippen LogP contribution in [0.5, 0.6) is 0 Å². The first-order chi connectivity index (χ1) is 9.56. The highest BCUT2D eigenvalue weighted by Gasteiger charge is 2.27. The summed E-state index contributed by atoms with van der Waals surface area (Å²) in [5.41, 5.74) is 0.979. The van der Waals surface area contributed by atoms with Crippen LogP contribution in [0.4, 0.5) is 8.78 Å². The Morgan fingerprint density at radius 2 is 1.70 bits per heavy atom. The molecule has 2 unspecified atom stereocenters. The summed E-state index contributed by atoms with van der Waals surface area (Å²) in [7, 11) is 0. The summed E-state index contributed by atoms with van der Waals surface area (Å²) in [6.45, 7) is 3.46. The van der Waals surface area contributed by atoms with Gasteiger partial charge < -0.3 is 5.11 Å². The van der Waals surface area contributed by atoms with Gasteiger partial charge in [-0.3, -0.25) is 0 Å². The van der Waals surface area contributed by atoms with Gasteiger partial charge in [0.1, 0.15) is 11.6 Å². The van der Waals surface area contributed by atoms with Crippen LogP contribution in [0.25, 0.3) is 0 Å². The van der Waals surface area contributed by atoms with Gasteiger partial charge in [-0.2, -0.15) is 0 Å². The molecule has 0 heterocycles. The summed E-state index contributed by atoms with van der Waals surface area (Å²) < 4.78 is 28.0. The van der Waals surface area contributed by atoms with E-state index in [0.29, 0.717) is 12.0 Å². The Labute approximate surface area is 117 Å². The monoisotopic (exact) mass is 276 g/mol. The number of hydrogen-bond donors (Lipinski definition) is 1. The molecule has 0 bridgehead atoms. The van der Waals surface area contributed by atoms with E-state index in [4.69, 9.17) is 0 Å². The van der Waals surface area contributed by atoms with Gasteiger partial charge >= 0.3 is 0 Å². The molecule has 20 heavy (non-hydrogen) atoms. The number of hydrogen-bond acceptors (Lipinski definition) is 1. The number of rotatable bonds is 4. The van der Waals surface area contributed by atoms with Gasteiger partial charge in [0.15, 0.2) is 0 Å². The fraction of sp³-hybridized carbons (Fsp3) is 0.294. The van der Waals surface area contributed by atoms with Crippen molar-refractivity contribution in [1.29, 1.82) is 0 Å². The van der Waals surface area contributed by atoms with Crippen molar-refractivity contribution in [2.24, 2.45) is 0 Å². The van der Waals surface area contributed by atoms with E-state index < -0.39 is 17.7 Å². The van der Waals surface area contributed by atoms with E-state index in [2.05, 4.69) is 0 Å². The van der Waals surface area contributed by atoms with E-state index in [1.54, 1.807) is 6.92 Å². The molecule has 0 saturated carbocycles. The minimum Gasteiger partial charge on any atom is -0.388 e. The minimum atomic E-state index is -1.19. The van der Waals surface area contributed by atoms with Gasteiger partial charge in [0.05, 0.1) is 11.7 Å². The molecule has 0 aromatic heterocycles. The number of halogens is 2. The van der Waals surface area contributed by atoms with Crippen molar-refractivity contribution in [2.75, 3.05) is 0 Å². The second-order valence-electron chi connectivity index (χ2n) is 4.96. The molecule has 1 N–H and O–H groups in total. The average Bonchev–Trinajstić information content (AvgIpc) is 2.45. The number of benzene rings is 2. The normalized spacial score (nSPS) is 14.1. The van der Waals surface area contributed by atoms with Gasteiger partial charge in [-0.25, -0.2) is 8.78 Å². The zero-order valence-corrected chi connectivity index (χ0v) is 11.6. The lowest BCUT2D eigenvalue weighted by Gasteiger charge is -2.23. The lowest BCUT2D eigenvalue weighted by molar-refractivity contribution is 0.133. The van der Waals surface area contributed by atoms with E-state index in [-0.39, 0.29) is 11.5 Å². The van der Waals surface area contributed by atoms with Crippen LogP contribution in [0.15, 0.2) is 42.5 Å². The lowest BCUT2D eigenvalue weighted by Crippen LogP contribution is -2.14. The third-order valence-electron chi connectivity index (χ3n) is 3.66. The summed E-state index contributed by atoms with van der Waals surface area (Å²) in [5.74, 6) is -1.69. The number of aliphatic hydroxyl groups is 1. The summed E-state index contributed by atoms with van der Waals surface area (Å²) in [5, 5.41) is 10.4. The maximum Gasteiger partial charge on any atom is 0.134 e. The average molecular weight is 276 g/mol. The van der Waals surface area contributed by atoms with Gasteiger partial charge in [0.2, 0.25) is 0 Å². The van der Waals surface area contributed by atoms with Gasteiger partial charge in [-0.15, -0.1) is 0 Å². The molecular formula is C17H18F2O. The van der Waals surface area contributed by atoms with Gasteiger partial charge in [-0.05, 0) is 30.5 Å². The van der Waals surface area contributed by atoms with E-state index >= 15 is 0 Å². The molecule has 3 heteroatoms. The molecule has 2 atom stereocenters. The predicted molar refractivity (Wildman–Crippen MR) is 75.5 cm³/mol. The smallest absolute Gasteiger partial charge is 0.134 e. The molecule has 0 aliphatic heterocycles. The zero-order valence-electron chi connectivity index (χ0n) is 11.6. The van der Waals surface area contributed by atoms with Gasteiger partial charge in [-0.1, -0.05) is 43.3 Å². The molecule has 1 nitrogen and oxygen atoms in total. The number of aryl methyl sites for hydroxylation is 1. The maximum atomic E-state index is 14.1. The molecule has 0 radical (unpaired) electrons. The molecule has 0 saturated heterocycles. The summed E-state index contributed by atoms with van der Waals surface area (Å²) in [4.78, 5) is 0. The fourth-order valence-corrected chi connectivity index (χ4v) is 2.49. The van der Waals surface area contributed by atoms with Crippen molar-refractivity contribution < 1.29 is 13.9 Å². The van der Waals surface area contributed by atoms with Crippen LogP contribution in [0, 0.1) is 18.6 Å². The highest BCUT2D eigenvalue weighted by molar-refractivity contribution is 5.32. The van der Waals surface area contributed by atoms with Crippen LogP contribution in [0.1, 0.15) is 42.1 Å². The highest BCUT2D eigenvalue weighted by Crippen LogP contribution is 2.36. The summed E-state index contributed by atoms with van der Waals surface area (Å²) in [6, 6.07) is 11.9. The standard InChI is InChI=1S/C17H18F2O/c1-3-13(12-7-5-4-6-8-12)17(20)15-14(18)10-9-11(2)16(15)19/h4-10,13,17,20H,3H2,1-2H3.